The summed E-state index contributed by atoms with van der Waals surface area (Å²) in [5.74, 6) is -0.912. The van der Waals surface area contributed by atoms with Gasteiger partial charge in [-0.15, -0.1) is 0 Å². The van der Waals surface area contributed by atoms with E-state index in [0.717, 1.165) is 19.9 Å². The molecule has 2 aromatic carbocycles. The summed E-state index contributed by atoms with van der Waals surface area (Å²) in [5, 5.41) is 4.44. The maximum atomic E-state index is 14.4. The Morgan fingerprint density at radius 3 is 1.90 bits per heavy atom. The molecule has 2 rings (SSSR count). The highest BCUT2D eigenvalue weighted by Crippen LogP contribution is 2.53. The van der Waals surface area contributed by atoms with Gasteiger partial charge in [-0.1, -0.05) is 29.8 Å². The lowest BCUT2D eigenvalue weighted by atomic mass is 9.90. The molecule has 0 heterocycles. The zero-order valence-corrected chi connectivity index (χ0v) is 20.6. The molecule has 0 spiro atoms. The second kappa shape index (κ2) is 11.5. The summed E-state index contributed by atoms with van der Waals surface area (Å²) in [7, 11) is 0. The number of alkyl halides is 11. The number of carbonyl (C=O) groups is 2. The van der Waals surface area contributed by atoms with Gasteiger partial charge in [0.05, 0.1) is 0 Å². The first-order chi connectivity index (χ1) is 17.7. The van der Waals surface area contributed by atoms with Crippen molar-refractivity contribution in [1.29, 1.82) is 0 Å². The van der Waals surface area contributed by atoms with E-state index in [9.17, 15) is 53.5 Å². The van der Waals surface area contributed by atoms with Gasteiger partial charge in [0.25, 0.3) is 5.91 Å². The number of carbonyl (C=O) groups excluding carboxylic acids is 2. The van der Waals surface area contributed by atoms with Gasteiger partial charge in [0, 0.05) is 35.3 Å². The van der Waals surface area contributed by atoms with Crippen molar-refractivity contribution in [2.24, 2.45) is 0 Å². The maximum absolute atomic E-state index is 14.4. The van der Waals surface area contributed by atoms with Gasteiger partial charge < -0.3 is 10.1 Å². The quantitative estimate of drug-likeness (QED) is 0.250. The van der Waals surface area contributed by atoms with E-state index < -0.39 is 60.2 Å². The molecule has 0 aromatic heterocycles. The van der Waals surface area contributed by atoms with Gasteiger partial charge in [-0.3, -0.25) is 10.1 Å². The Morgan fingerprint density at radius 1 is 0.872 bits per heavy atom. The number of benzene rings is 2. The first kappa shape index (κ1) is 32.0. The number of halogens is 11. The minimum Gasteiger partial charge on any atom is -0.430 e. The summed E-state index contributed by atoms with van der Waals surface area (Å²) in [6, 6.07) is 5.52. The summed E-state index contributed by atoms with van der Waals surface area (Å²) in [6.45, 7) is 2.13. The van der Waals surface area contributed by atoms with E-state index in [4.69, 9.17) is 11.6 Å². The topological polar surface area (TPSA) is 67.4 Å². The van der Waals surface area contributed by atoms with E-state index in [-0.39, 0.29) is 28.1 Å². The molecule has 2 amide bonds. The van der Waals surface area contributed by atoms with Gasteiger partial charge in [0.15, 0.2) is 5.56 Å². The van der Waals surface area contributed by atoms with Crippen molar-refractivity contribution in [2.45, 2.75) is 56.4 Å². The Balaban J connectivity index is 2.21. The number of aryl methyl sites for hydroxylation is 2. The SMILES string of the molecule is Cc1cc(C(F)(C(F)(F)F)C(F)(F)F)cc(C)c1NC(=O)c1cccc(NC(=O)OC(Cl)CCC(F)(F)F)c1. The number of rotatable bonds is 7. The summed E-state index contributed by atoms with van der Waals surface area (Å²) in [6.07, 6.45) is -20.4. The number of hydrogen-bond acceptors (Lipinski definition) is 3. The van der Waals surface area contributed by atoms with Gasteiger partial charge in [-0.25, -0.2) is 9.18 Å². The predicted octanol–water partition coefficient (Wildman–Crippen LogP) is 8.30. The van der Waals surface area contributed by atoms with Crippen molar-refractivity contribution in [3.8, 4) is 0 Å². The molecular weight excluding hydrogens is 578 g/mol. The number of amides is 2. The molecule has 1 unspecified atom stereocenters. The monoisotopic (exact) mass is 596 g/mol. The lowest BCUT2D eigenvalue weighted by molar-refractivity contribution is -0.348. The molecular formula is C23H19ClF10N2O3. The summed E-state index contributed by atoms with van der Waals surface area (Å²) in [4.78, 5) is 24.6. The Bertz CT molecular complexity index is 1170. The van der Waals surface area contributed by atoms with Crippen LogP contribution < -0.4 is 10.6 Å². The van der Waals surface area contributed by atoms with Crippen molar-refractivity contribution >= 4 is 35.0 Å². The molecule has 0 fully saturated rings. The fourth-order valence-corrected chi connectivity index (χ4v) is 3.56. The normalized spacial score (nSPS) is 13.6. The van der Waals surface area contributed by atoms with Crippen molar-refractivity contribution < 1.29 is 58.2 Å². The molecule has 2 aromatic rings. The average Bonchev–Trinajstić information content (AvgIpc) is 2.77. The molecule has 0 aliphatic heterocycles. The van der Waals surface area contributed by atoms with Crippen LogP contribution in [0.5, 0.6) is 0 Å². The van der Waals surface area contributed by atoms with Gasteiger partial charge in [-0.2, -0.15) is 39.5 Å². The Kier molecular flexibility index (Phi) is 9.42. The zero-order chi connectivity index (χ0) is 30.0. The second-order valence-electron chi connectivity index (χ2n) is 8.27. The Hall–Kier alpha value is -3.23. The average molecular weight is 597 g/mol. The van der Waals surface area contributed by atoms with Crippen molar-refractivity contribution in [2.75, 3.05) is 10.6 Å². The van der Waals surface area contributed by atoms with Crippen LogP contribution in [0, 0.1) is 13.8 Å². The van der Waals surface area contributed by atoms with E-state index in [2.05, 4.69) is 15.4 Å². The molecule has 16 heteroatoms. The van der Waals surface area contributed by atoms with Crippen LogP contribution in [-0.2, 0) is 10.4 Å². The van der Waals surface area contributed by atoms with Gasteiger partial charge in [-0.05, 0) is 43.2 Å². The van der Waals surface area contributed by atoms with Crippen LogP contribution >= 0.6 is 11.6 Å². The molecule has 1 atom stereocenters. The molecule has 2 N–H and O–H groups in total. The fourth-order valence-electron chi connectivity index (χ4n) is 3.37. The van der Waals surface area contributed by atoms with Crippen molar-refractivity contribution in [1.82, 2.24) is 0 Å². The lowest BCUT2D eigenvalue weighted by Gasteiger charge is -2.31. The van der Waals surface area contributed by atoms with Gasteiger partial charge in [0.2, 0.25) is 0 Å². The highest BCUT2D eigenvalue weighted by Gasteiger charge is 2.73. The van der Waals surface area contributed by atoms with E-state index >= 15 is 0 Å². The van der Waals surface area contributed by atoms with Gasteiger partial charge >= 0.3 is 30.3 Å². The van der Waals surface area contributed by atoms with Crippen LogP contribution in [0.2, 0.25) is 0 Å². The predicted molar refractivity (Wildman–Crippen MR) is 120 cm³/mol. The van der Waals surface area contributed by atoms with E-state index in [1.54, 1.807) is 0 Å². The highest BCUT2D eigenvalue weighted by atomic mass is 35.5. The minimum absolute atomic E-state index is 0.0614. The molecule has 0 saturated carbocycles. The van der Waals surface area contributed by atoms with Crippen molar-refractivity contribution in [3.63, 3.8) is 0 Å². The highest BCUT2D eigenvalue weighted by molar-refractivity contribution is 6.20. The number of anilines is 2. The third-order valence-corrected chi connectivity index (χ3v) is 5.52. The third kappa shape index (κ3) is 7.90. The number of hydrogen-bond donors (Lipinski definition) is 2. The third-order valence-electron chi connectivity index (χ3n) is 5.21. The molecule has 0 aliphatic rings. The van der Waals surface area contributed by atoms with Crippen LogP contribution in [0.3, 0.4) is 0 Å². The smallest absolute Gasteiger partial charge is 0.430 e. The second-order valence-corrected chi connectivity index (χ2v) is 8.75. The lowest BCUT2D eigenvalue weighted by Crippen LogP contribution is -2.50. The summed E-state index contributed by atoms with van der Waals surface area (Å²) < 4.78 is 134. The molecule has 5 nitrogen and oxygen atoms in total. The van der Waals surface area contributed by atoms with E-state index in [1.807, 2.05) is 0 Å². The standard InChI is InChI=1S/C23H19ClF10N2O3/c1-11-8-14(21(28,22(29,30)31)23(32,33)34)9-12(2)17(11)36-18(37)13-4-3-5-15(10-13)35-19(38)39-16(24)6-7-20(25,26)27/h3-5,8-10,16H,6-7H2,1-2H3,(H,35,38)(H,36,37). The first-order valence-corrected chi connectivity index (χ1v) is 11.1. The molecule has 0 aliphatic carbocycles. The molecule has 0 radical (unpaired) electrons. The molecule has 0 saturated heterocycles. The zero-order valence-electron chi connectivity index (χ0n) is 19.8. The van der Waals surface area contributed by atoms with E-state index in [0.29, 0.717) is 12.1 Å². The van der Waals surface area contributed by atoms with Gasteiger partial charge in [0.1, 0.15) is 0 Å². The maximum Gasteiger partial charge on any atom is 0.435 e. The Labute approximate surface area is 219 Å². The van der Waals surface area contributed by atoms with Crippen LogP contribution in [-0.4, -0.2) is 36.1 Å². The van der Waals surface area contributed by atoms with Crippen LogP contribution in [0.25, 0.3) is 0 Å². The summed E-state index contributed by atoms with van der Waals surface area (Å²) in [5.41, 5.74) is -9.99. The molecule has 39 heavy (non-hydrogen) atoms. The largest absolute Gasteiger partial charge is 0.435 e. The van der Waals surface area contributed by atoms with Crippen molar-refractivity contribution in [3.05, 3.63) is 58.7 Å². The minimum atomic E-state index is -6.31. The number of nitrogens with one attached hydrogen (secondary N) is 2. The van der Waals surface area contributed by atoms with Crippen LogP contribution in [0.1, 0.15) is 39.9 Å². The summed E-state index contributed by atoms with van der Waals surface area (Å²) >= 11 is 5.54. The first-order valence-electron chi connectivity index (χ1n) is 10.7. The number of ether oxygens (including phenoxy) is 1. The van der Waals surface area contributed by atoms with Crippen LogP contribution in [0.15, 0.2) is 36.4 Å². The molecule has 0 bridgehead atoms. The van der Waals surface area contributed by atoms with Crippen LogP contribution in [0.4, 0.5) is 60.1 Å². The Morgan fingerprint density at radius 2 is 1.41 bits per heavy atom. The molecule has 216 valence electrons. The fraction of sp³-hybridized carbons (Fsp3) is 0.391. The van der Waals surface area contributed by atoms with E-state index in [1.165, 1.54) is 18.2 Å².